The lowest BCUT2D eigenvalue weighted by Gasteiger charge is -1.99. The fraction of sp³-hybridized carbons (Fsp3) is 0.200. The third-order valence-corrected chi connectivity index (χ3v) is 2.29. The lowest BCUT2D eigenvalue weighted by Crippen LogP contribution is -1.94. The van der Waals surface area contributed by atoms with Crippen LogP contribution in [-0.2, 0) is 7.05 Å². The molecule has 0 spiro atoms. The van der Waals surface area contributed by atoms with Gasteiger partial charge >= 0.3 is 5.97 Å². The minimum Gasteiger partial charge on any atom is -0.481 e. The van der Waals surface area contributed by atoms with Crippen LogP contribution in [0.15, 0.2) is 18.5 Å². The lowest BCUT2D eigenvalue weighted by atomic mass is 10.2. The van der Waals surface area contributed by atoms with E-state index in [9.17, 15) is 4.79 Å². The molecule has 0 bridgehead atoms. The zero-order valence-electron chi connectivity index (χ0n) is 8.39. The van der Waals surface area contributed by atoms with Gasteiger partial charge in [0.2, 0.25) is 5.88 Å². The van der Waals surface area contributed by atoms with Crippen LogP contribution in [0.5, 0.6) is 5.88 Å². The van der Waals surface area contributed by atoms with Gasteiger partial charge in [-0.3, -0.25) is 0 Å². The Morgan fingerprint density at radius 3 is 2.93 bits per heavy atom. The molecule has 0 aliphatic carbocycles. The molecule has 1 N–H and O–H groups in total. The molecule has 5 nitrogen and oxygen atoms in total. The Morgan fingerprint density at radius 1 is 1.60 bits per heavy atom. The smallest absolute Gasteiger partial charge is 0.337 e. The van der Waals surface area contributed by atoms with Crippen LogP contribution in [0.25, 0.3) is 10.9 Å². The van der Waals surface area contributed by atoms with Crippen LogP contribution in [0.3, 0.4) is 0 Å². The van der Waals surface area contributed by atoms with Gasteiger partial charge in [0.25, 0.3) is 0 Å². The standard InChI is InChI=1S/C10H10N2O3/c1-12-5-7(10(13)14)6-4-11-9(15-2)3-8(6)12/h3-5H,1-2H3,(H,13,14). The summed E-state index contributed by atoms with van der Waals surface area (Å²) in [6, 6.07) is 1.71. The van der Waals surface area contributed by atoms with Crippen molar-refractivity contribution in [1.29, 1.82) is 0 Å². The Kier molecular flexibility index (Phi) is 2.07. The number of hydrogen-bond acceptors (Lipinski definition) is 3. The van der Waals surface area contributed by atoms with Gasteiger partial charge in [-0.2, -0.15) is 0 Å². The predicted octanol–water partition coefficient (Wildman–Crippen LogP) is 1.28. The largest absolute Gasteiger partial charge is 0.481 e. The maximum atomic E-state index is 10.9. The van der Waals surface area contributed by atoms with Gasteiger partial charge in [0.15, 0.2) is 0 Å². The second-order valence-electron chi connectivity index (χ2n) is 3.20. The topological polar surface area (TPSA) is 64.3 Å². The van der Waals surface area contributed by atoms with Crippen LogP contribution in [0.2, 0.25) is 0 Å². The molecule has 0 atom stereocenters. The highest BCUT2D eigenvalue weighted by Gasteiger charge is 2.13. The summed E-state index contributed by atoms with van der Waals surface area (Å²) in [6.07, 6.45) is 3.08. The van der Waals surface area contributed by atoms with Crippen molar-refractivity contribution in [3.05, 3.63) is 24.0 Å². The molecule has 2 aromatic rings. The van der Waals surface area contributed by atoms with Gasteiger partial charge in [0.1, 0.15) is 0 Å². The molecule has 2 rings (SSSR count). The molecule has 0 aliphatic heterocycles. The highest BCUT2D eigenvalue weighted by atomic mass is 16.5. The minimum absolute atomic E-state index is 0.252. The molecule has 0 amide bonds. The van der Waals surface area contributed by atoms with E-state index in [0.29, 0.717) is 11.3 Å². The SMILES string of the molecule is COc1cc2c(cn1)c(C(=O)O)cn2C. The van der Waals surface area contributed by atoms with Gasteiger partial charge in [0.05, 0.1) is 18.2 Å². The first-order valence-electron chi connectivity index (χ1n) is 4.36. The number of fused-ring (bicyclic) bond motifs is 1. The number of pyridine rings is 1. The van der Waals surface area contributed by atoms with Gasteiger partial charge in [-0.25, -0.2) is 9.78 Å². The van der Waals surface area contributed by atoms with Gasteiger partial charge in [-0.15, -0.1) is 0 Å². The number of aromatic nitrogens is 2. The molecule has 0 unspecified atom stereocenters. The number of rotatable bonds is 2. The number of ether oxygens (including phenoxy) is 1. The maximum absolute atomic E-state index is 10.9. The lowest BCUT2D eigenvalue weighted by molar-refractivity contribution is 0.0699. The van der Waals surface area contributed by atoms with Crippen LogP contribution in [0, 0.1) is 0 Å². The van der Waals surface area contributed by atoms with Crippen molar-refractivity contribution >= 4 is 16.9 Å². The Labute approximate surface area is 85.9 Å². The highest BCUT2D eigenvalue weighted by Crippen LogP contribution is 2.22. The maximum Gasteiger partial charge on any atom is 0.337 e. The summed E-state index contributed by atoms with van der Waals surface area (Å²) >= 11 is 0. The van der Waals surface area contributed by atoms with E-state index >= 15 is 0 Å². The summed E-state index contributed by atoms with van der Waals surface area (Å²) < 4.78 is 6.71. The van der Waals surface area contributed by atoms with Gasteiger partial charge in [0, 0.05) is 30.9 Å². The van der Waals surface area contributed by atoms with E-state index in [2.05, 4.69) is 4.98 Å². The average molecular weight is 206 g/mol. The molecule has 78 valence electrons. The first-order chi connectivity index (χ1) is 7.13. The number of hydrogen-bond donors (Lipinski definition) is 1. The van der Waals surface area contributed by atoms with E-state index in [-0.39, 0.29) is 5.56 Å². The van der Waals surface area contributed by atoms with Crippen LogP contribution in [0.4, 0.5) is 0 Å². The monoisotopic (exact) mass is 206 g/mol. The van der Waals surface area contributed by atoms with Crippen LogP contribution in [-0.4, -0.2) is 27.7 Å². The normalized spacial score (nSPS) is 10.5. The first kappa shape index (κ1) is 9.51. The van der Waals surface area contributed by atoms with Crippen LogP contribution >= 0.6 is 0 Å². The Morgan fingerprint density at radius 2 is 2.33 bits per heavy atom. The van der Waals surface area contributed by atoms with Crippen molar-refractivity contribution in [3.63, 3.8) is 0 Å². The zero-order valence-corrected chi connectivity index (χ0v) is 8.39. The molecule has 0 saturated heterocycles. The Balaban J connectivity index is 2.75. The zero-order chi connectivity index (χ0) is 11.0. The second kappa shape index (κ2) is 3.27. The van der Waals surface area contributed by atoms with Crippen LogP contribution in [0.1, 0.15) is 10.4 Å². The van der Waals surface area contributed by atoms with E-state index in [0.717, 1.165) is 5.52 Å². The van der Waals surface area contributed by atoms with Crippen molar-refractivity contribution in [3.8, 4) is 5.88 Å². The van der Waals surface area contributed by atoms with Crippen LogP contribution < -0.4 is 4.74 Å². The summed E-state index contributed by atoms with van der Waals surface area (Å²) in [5, 5.41) is 9.57. The third kappa shape index (κ3) is 1.41. The van der Waals surface area contributed by atoms with E-state index in [1.54, 1.807) is 23.9 Å². The highest BCUT2D eigenvalue weighted by molar-refractivity contribution is 6.03. The van der Waals surface area contributed by atoms with Crippen molar-refractivity contribution in [2.45, 2.75) is 0 Å². The Hall–Kier alpha value is -2.04. The predicted molar refractivity (Wildman–Crippen MR) is 54.2 cm³/mol. The molecular weight excluding hydrogens is 196 g/mol. The van der Waals surface area contributed by atoms with Crippen molar-refractivity contribution in [2.24, 2.45) is 7.05 Å². The first-order valence-corrected chi connectivity index (χ1v) is 4.36. The molecule has 2 aromatic heterocycles. The summed E-state index contributed by atoms with van der Waals surface area (Å²) in [5.41, 5.74) is 1.04. The Bertz CT molecular complexity index is 531. The van der Waals surface area contributed by atoms with Crippen molar-refractivity contribution in [2.75, 3.05) is 7.11 Å². The summed E-state index contributed by atoms with van der Waals surface area (Å²) in [5.74, 6) is -0.479. The van der Waals surface area contributed by atoms with E-state index in [1.807, 2.05) is 0 Å². The number of carboxylic acid groups (broad SMARTS) is 1. The quantitative estimate of drug-likeness (QED) is 0.803. The third-order valence-electron chi connectivity index (χ3n) is 2.29. The number of carbonyl (C=O) groups is 1. The number of aryl methyl sites for hydroxylation is 1. The summed E-state index contributed by atoms with van der Waals surface area (Å²) in [7, 11) is 3.31. The van der Waals surface area contributed by atoms with Gasteiger partial charge < -0.3 is 14.4 Å². The molecule has 0 radical (unpaired) electrons. The van der Waals surface area contributed by atoms with E-state index in [1.165, 1.54) is 13.3 Å². The number of methoxy groups -OCH3 is 1. The molecular formula is C10H10N2O3. The number of nitrogens with zero attached hydrogens (tertiary/aromatic N) is 2. The minimum atomic E-state index is -0.951. The van der Waals surface area contributed by atoms with Gasteiger partial charge in [-0.1, -0.05) is 0 Å². The second-order valence-corrected chi connectivity index (χ2v) is 3.20. The molecule has 15 heavy (non-hydrogen) atoms. The number of aromatic carboxylic acids is 1. The average Bonchev–Trinajstić information content (AvgIpc) is 2.56. The van der Waals surface area contributed by atoms with E-state index in [4.69, 9.17) is 9.84 Å². The molecule has 0 saturated carbocycles. The fourth-order valence-corrected chi connectivity index (χ4v) is 1.54. The molecule has 0 aliphatic rings. The molecule has 2 heterocycles. The summed E-state index contributed by atoms with van der Waals surface area (Å²) in [4.78, 5) is 14.9. The number of carboxylic acids is 1. The molecule has 0 fully saturated rings. The van der Waals surface area contributed by atoms with Crippen molar-refractivity contribution in [1.82, 2.24) is 9.55 Å². The summed E-state index contributed by atoms with van der Waals surface area (Å²) in [6.45, 7) is 0. The fourth-order valence-electron chi connectivity index (χ4n) is 1.54. The molecule has 5 heteroatoms. The molecule has 0 aromatic carbocycles. The van der Waals surface area contributed by atoms with Gasteiger partial charge in [-0.05, 0) is 0 Å². The van der Waals surface area contributed by atoms with E-state index < -0.39 is 5.97 Å². The van der Waals surface area contributed by atoms with Crippen molar-refractivity contribution < 1.29 is 14.6 Å².